The summed E-state index contributed by atoms with van der Waals surface area (Å²) in [5, 5.41) is 9.17. The smallest absolute Gasteiger partial charge is 0.397 e. The van der Waals surface area contributed by atoms with Crippen LogP contribution in [0.5, 0.6) is 0 Å². The molecule has 0 aliphatic heterocycles. The van der Waals surface area contributed by atoms with Gasteiger partial charge in [-0.2, -0.15) is 16.8 Å². The molecule has 0 aromatic heterocycles. The van der Waals surface area contributed by atoms with Gasteiger partial charge in [0.1, 0.15) is 0 Å². The maximum absolute atomic E-state index is 11.9. The summed E-state index contributed by atoms with van der Waals surface area (Å²) in [5.74, 6) is -0.0748. The summed E-state index contributed by atoms with van der Waals surface area (Å²) in [4.78, 5) is 11.2. The Labute approximate surface area is 214 Å². The minimum Gasteiger partial charge on any atom is -0.481 e. The lowest BCUT2D eigenvalue weighted by atomic mass is 9.43. The molecule has 4 fully saturated rings. The van der Waals surface area contributed by atoms with Crippen LogP contribution < -0.4 is 0 Å². The number of fused-ring (bicyclic) bond motifs is 5. The van der Waals surface area contributed by atoms with Gasteiger partial charge in [0.25, 0.3) is 0 Å². The Hall–Kier alpha value is -0.790. The van der Waals surface area contributed by atoms with Crippen LogP contribution in [0.3, 0.4) is 0 Å². The van der Waals surface area contributed by atoms with E-state index in [0.29, 0.717) is 38.0 Å². The van der Waals surface area contributed by atoms with E-state index in [4.69, 9.17) is 13.5 Å². The fourth-order valence-electron chi connectivity index (χ4n) is 9.20. The van der Waals surface area contributed by atoms with Gasteiger partial charge >= 0.3 is 26.8 Å². The van der Waals surface area contributed by atoms with Crippen LogP contribution in [0.4, 0.5) is 0 Å². The van der Waals surface area contributed by atoms with Gasteiger partial charge in [0, 0.05) is 6.42 Å². The van der Waals surface area contributed by atoms with Gasteiger partial charge in [-0.05, 0) is 104 Å². The van der Waals surface area contributed by atoms with Gasteiger partial charge in [0.15, 0.2) is 0 Å². The zero-order chi connectivity index (χ0) is 26.7. The molecule has 4 saturated carbocycles. The van der Waals surface area contributed by atoms with E-state index >= 15 is 0 Å². The molecule has 12 heteroatoms. The normalized spacial score (nSPS) is 43.8. The molecule has 208 valence electrons. The molecule has 10 atom stereocenters. The van der Waals surface area contributed by atoms with E-state index in [9.17, 15) is 30.7 Å². The Balaban J connectivity index is 1.63. The summed E-state index contributed by atoms with van der Waals surface area (Å²) in [6.45, 7) is 6.58. The Bertz CT molecular complexity index is 1060. The summed E-state index contributed by atoms with van der Waals surface area (Å²) < 4.78 is 75.5. The summed E-state index contributed by atoms with van der Waals surface area (Å²) in [5.41, 5.74) is -0.244. The molecule has 0 bridgehead atoms. The second-order valence-corrected chi connectivity index (χ2v) is 14.4. The van der Waals surface area contributed by atoms with Gasteiger partial charge in [0.2, 0.25) is 0 Å². The number of hydrogen-bond donors (Lipinski definition) is 3. The lowest BCUT2D eigenvalue weighted by Crippen LogP contribution is -2.59. The van der Waals surface area contributed by atoms with Crippen molar-refractivity contribution in [2.75, 3.05) is 0 Å². The van der Waals surface area contributed by atoms with E-state index in [2.05, 4.69) is 20.8 Å². The van der Waals surface area contributed by atoms with Crippen molar-refractivity contribution in [1.29, 1.82) is 0 Å². The van der Waals surface area contributed by atoms with E-state index in [1.807, 2.05) is 0 Å². The van der Waals surface area contributed by atoms with Gasteiger partial charge in [0.05, 0.1) is 12.2 Å². The number of carbonyl (C=O) groups is 1. The number of carboxylic acid groups (broad SMARTS) is 1. The van der Waals surface area contributed by atoms with Gasteiger partial charge in [-0.25, -0.2) is 8.37 Å². The fourth-order valence-corrected chi connectivity index (χ4v) is 10.2. The second kappa shape index (κ2) is 9.75. The number of rotatable bonds is 8. The van der Waals surface area contributed by atoms with Gasteiger partial charge in [-0.15, -0.1) is 0 Å². The zero-order valence-electron chi connectivity index (χ0n) is 21.2. The van der Waals surface area contributed by atoms with Gasteiger partial charge < -0.3 is 5.11 Å². The van der Waals surface area contributed by atoms with Crippen molar-refractivity contribution in [3.8, 4) is 0 Å². The number of aliphatic carboxylic acids is 1. The van der Waals surface area contributed by atoms with Crippen LogP contribution in [-0.2, 0) is 34.0 Å². The molecule has 0 radical (unpaired) electrons. The quantitative estimate of drug-likeness (QED) is 0.373. The highest BCUT2D eigenvalue weighted by Gasteiger charge is 2.64. The van der Waals surface area contributed by atoms with Crippen LogP contribution >= 0.6 is 0 Å². The van der Waals surface area contributed by atoms with E-state index in [1.165, 1.54) is 0 Å². The average Bonchev–Trinajstić information content (AvgIpc) is 3.08. The van der Waals surface area contributed by atoms with E-state index in [-0.39, 0.29) is 46.8 Å². The first-order valence-corrected chi connectivity index (χ1v) is 15.8. The lowest BCUT2D eigenvalue weighted by molar-refractivity contribution is -0.166. The first-order chi connectivity index (χ1) is 16.5. The standard InChI is InChI=1S/C24H40O10S2/c1-14(4-7-21(25)26)17-5-6-18-22-19(9-11-24(17,18)3)23(2)10-8-16(33-35(27,28)29)12-15(23)13-20(22)34-36(30,31)32/h14-20,22H,4-13H2,1-3H3,(H,25,26)(H,27,28,29)(H,30,31,32)/t14-,15+,16-,17-,18?,19?,20+,22?,23+,24-/m1/s1. The summed E-state index contributed by atoms with van der Waals surface area (Å²) in [7, 11) is -9.30. The number of hydrogen-bond acceptors (Lipinski definition) is 7. The first kappa shape index (κ1) is 28.2. The summed E-state index contributed by atoms with van der Waals surface area (Å²) in [6, 6.07) is 0. The topological polar surface area (TPSA) is 164 Å². The van der Waals surface area contributed by atoms with Crippen molar-refractivity contribution in [2.45, 2.75) is 97.2 Å². The Morgan fingerprint density at radius 1 is 0.917 bits per heavy atom. The van der Waals surface area contributed by atoms with Crippen molar-refractivity contribution < 1.29 is 44.2 Å². The zero-order valence-corrected chi connectivity index (χ0v) is 22.8. The molecule has 0 saturated heterocycles. The highest BCUT2D eigenvalue weighted by Crippen LogP contribution is 2.69. The van der Waals surface area contributed by atoms with Crippen LogP contribution in [0, 0.1) is 46.3 Å². The van der Waals surface area contributed by atoms with Crippen molar-refractivity contribution in [3.05, 3.63) is 0 Å². The largest absolute Gasteiger partial charge is 0.481 e. The molecular formula is C24H40O10S2. The average molecular weight is 553 g/mol. The van der Waals surface area contributed by atoms with Gasteiger partial charge in [-0.1, -0.05) is 20.8 Å². The molecular weight excluding hydrogens is 512 g/mol. The predicted octanol–water partition coefficient (Wildman–Crippen LogP) is 4.13. The minimum absolute atomic E-state index is 0.0750. The van der Waals surface area contributed by atoms with E-state index in [1.54, 1.807) is 0 Å². The third-order valence-electron chi connectivity index (χ3n) is 10.7. The lowest BCUT2D eigenvalue weighted by Gasteiger charge is -2.62. The summed E-state index contributed by atoms with van der Waals surface area (Å²) in [6.07, 6.45) is 4.89. The number of carboxylic acids is 1. The summed E-state index contributed by atoms with van der Waals surface area (Å²) >= 11 is 0. The molecule has 4 rings (SSSR count). The molecule has 0 heterocycles. The molecule has 0 aromatic carbocycles. The van der Waals surface area contributed by atoms with Crippen LogP contribution in [0.2, 0.25) is 0 Å². The van der Waals surface area contributed by atoms with Crippen LogP contribution in [0.1, 0.15) is 85.0 Å². The monoisotopic (exact) mass is 552 g/mol. The molecule has 0 spiro atoms. The van der Waals surface area contributed by atoms with Crippen molar-refractivity contribution in [1.82, 2.24) is 0 Å². The maximum Gasteiger partial charge on any atom is 0.397 e. The van der Waals surface area contributed by atoms with Crippen LogP contribution in [0.25, 0.3) is 0 Å². The minimum atomic E-state index is -4.70. The Morgan fingerprint density at radius 3 is 2.14 bits per heavy atom. The molecule has 36 heavy (non-hydrogen) atoms. The van der Waals surface area contributed by atoms with E-state index in [0.717, 1.165) is 25.7 Å². The fraction of sp³-hybridized carbons (Fsp3) is 0.958. The molecule has 3 unspecified atom stereocenters. The molecule has 0 aromatic rings. The first-order valence-electron chi connectivity index (χ1n) is 13.1. The van der Waals surface area contributed by atoms with Gasteiger partial charge in [-0.3, -0.25) is 13.9 Å². The van der Waals surface area contributed by atoms with Crippen LogP contribution in [-0.4, -0.2) is 49.2 Å². The molecule has 10 nitrogen and oxygen atoms in total. The second-order valence-electron chi connectivity index (χ2n) is 12.3. The molecule has 3 N–H and O–H groups in total. The Morgan fingerprint density at radius 2 is 1.53 bits per heavy atom. The molecule has 4 aliphatic carbocycles. The Kier molecular flexibility index (Phi) is 7.64. The maximum atomic E-state index is 11.9. The third kappa shape index (κ3) is 5.49. The highest BCUT2D eigenvalue weighted by atomic mass is 32.3. The highest BCUT2D eigenvalue weighted by molar-refractivity contribution is 7.81. The van der Waals surface area contributed by atoms with Crippen molar-refractivity contribution >= 4 is 26.8 Å². The predicted molar refractivity (Wildman–Crippen MR) is 129 cm³/mol. The van der Waals surface area contributed by atoms with Crippen molar-refractivity contribution in [3.63, 3.8) is 0 Å². The third-order valence-corrected chi connectivity index (χ3v) is 11.7. The SMILES string of the molecule is C[C@H](CCC(=O)O)[C@H]1CCC2C3C(CC[C@@]21C)[C@@]1(C)CC[C@@H](OS(=O)(=O)O)C[C@H]1C[C@@H]3OS(=O)(=O)O. The molecule has 0 amide bonds. The van der Waals surface area contributed by atoms with Crippen LogP contribution in [0.15, 0.2) is 0 Å². The molecule has 4 aliphatic rings. The van der Waals surface area contributed by atoms with Crippen molar-refractivity contribution in [2.24, 2.45) is 46.3 Å². The van der Waals surface area contributed by atoms with E-state index < -0.39 is 39.0 Å².